The number of nitrogens with zero attached hydrogens (tertiary/aromatic N) is 1. The number of carbonyl (C=O) groups excluding carboxylic acids is 1. The molecule has 1 N–H and O–H groups in total. The number of para-hydroxylation sites is 2. The van der Waals surface area contributed by atoms with Crippen molar-refractivity contribution in [1.82, 2.24) is 4.31 Å². The number of amides is 1. The summed E-state index contributed by atoms with van der Waals surface area (Å²) in [7, 11) is -4.02. The minimum Gasteiger partial charge on any atom is -0.490 e. The summed E-state index contributed by atoms with van der Waals surface area (Å²) in [5.41, 5.74) is 0.214. The fraction of sp³-hybridized carbons (Fsp3) is 0.409. The van der Waals surface area contributed by atoms with Crippen LogP contribution in [0.15, 0.2) is 47.4 Å². The van der Waals surface area contributed by atoms with Crippen LogP contribution in [0.5, 0.6) is 11.5 Å². The Balaban J connectivity index is 1.55. The van der Waals surface area contributed by atoms with E-state index in [1.54, 1.807) is 6.07 Å². The summed E-state index contributed by atoms with van der Waals surface area (Å²) in [4.78, 5) is 11.8. The number of carbonyl (C=O) groups is 1. The lowest BCUT2D eigenvalue weighted by Gasteiger charge is -2.26. The highest BCUT2D eigenvalue weighted by Gasteiger charge is 2.29. The molecule has 174 valence electrons. The van der Waals surface area contributed by atoms with Gasteiger partial charge in [-0.25, -0.2) is 12.8 Å². The molecule has 2 aromatic rings. The first-order chi connectivity index (χ1) is 15.4. The summed E-state index contributed by atoms with van der Waals surface area (Å²) in [6.45, 7) is 3.54. The molecule has 0 atom stereocenters. The predicted molar refractivity (Wildman–Crippen MR) is 117 cm³/mol. The fourth-order valence-electron chi connectivity index (χ4n) is 3.19. The molecular weight excluding hydrogens is 439 g/mol. The van der Waals surface area contributed by atoms with Crippen LogP contribution in [0, 0.1) is 5.82 Å². The number of hydrogen-bond acceptors (Lipinski definition) is 6. The monoisotopic (exact) mass is 466 g/mol. The van der Waals surface area contributed by atoms with Gasteiger partial charge in [-0.1, -0.05) is 12.1 Å². The van der Waals surface area contributed by atoms with E-state index in [1.165, 1.54) is 10.4 Å². The van der Waals surface area contributed by atoms with Gasteiger partial charge < -0.3 is 19.5 Å². The van der Waals surface area contributed by atoms with Crippen molar-refractivity contribution in [3.8, 4) is 11.5 Å². The van der Waals surface area contributed by atoms with Gasteiger partial charge >= 0.3 is 0 Å². The fourth-order valence-corrected chi connectivity index (χ4v) is 4.69. The molecule has 0 bridgehead atoms. The normalized spacial score (nSPS) is 14.7. The van der Waals surface area contributed by atoms with Gasteiger partial charge in [-0.15, -0.1) is 0 Å². The third kappa shape index (κ3) is 6.18. The molecule has 3 rings (SSSR count). The average molecular weight is 467 g/mol. The van der Waals surface area contributed by atoms with E-state index < -0.39 is 20.7 Å². The molecule has 1 aliphatic rings. The SMILES string of the molecule is CCOc1ccccc1OCCCC(=O)Nc1ccc(F)c(S(=O)(=O)N2CCOCC2)c1. The van der Waals surface area contributed by atoms with Crippen molar-refractivity contribution in [2.75, 3.05) is 44.8 Å². The zero-order valence-electron chi connectivity index (χ0n) is 17.9. The number of hydrogen-bond donors (Lipinski definition) is 1. The average Bonchev–Trinajstić information content (AvgIpc) is 2.79. The summed E-state index contributed by atoms with van der Waals surface area (Å²) in [6, 6.07) is 10.8. The summed E-state index contributed by atoms with van der Waals surface area (Å²) >= 11 is 0. The third-order valence-electron chi connectivity index (χ3n) is 4.76. The van der Waals surface area contributed by atoms with Gasteiger partial charge in [0.15, 0.2) is 11.5 Å². The van der Waals surface area contributed by atoms with E-state index in [-0.39, 0.29) is 44.3 Å². The lowest BCUT2D eigenvalue weighted by molar-refractivity contribution is -0.116. The van der Waals surface area contributed by atoms with Crippen LogP contribution in [0.25, 0.3) is 0 Å². The Kier molecular flexibility index (Phi) is 8.43. The molecule has 10 heteroatoms. The second-order valence-corrected chi connectivity index (χ2v) is 8.95. The Labute approximate surface area is 187 Å². The highest BCUT2D eigenvalue weighted by atomic mass is 32.2. The van der Waals surface area contributed by atoms with Crippen molar-refractivity contribution >= 4 is 21.6 Å². The maximum Gasteiger partial charge on any atom is 0.246 e. The maximum absolute atomic E-state index is 14.3. The summed E-state index contributed by atoms with van der Waals surface area (Å²) in [6.07, 6.45) is 0.589. The molecule has 32 heavy (non-hydrogen) atoms. The number of sulfonamides is 1. The minimum absolute atomic E-state index is 0.153. The number of rotatable bonds is 10. The van der Waals surface area contributed by atoms with Crippen LogP contribution in [-0.2, 0) is 19.6 Å². The number of benzene rings is 2. The van der Waals surface area contributed by atoms with Crippen LogP contribution in [0.2, 0.25) is 0 Å². The number of ether oxygens (including phenoxy) is 3. The molecule has 1 aliphatic heterocycles. The summed E-state index contributed by atoms with van der Waals surface area (Å²) < 4.78 is 57.3. The predicted octanol–water partition coefficient (Wildman–Crippen LogP) is 3.04. The number of morpholine rings is 1. The maximum atomic E-state index is 14.3. The molecule has 2 aromatic carbocycles. The molecule has 1 saturated heterocycles. The first kappa shape index (κ1) is 24.0. The molecular formula is C22H27FN2O6S. The lowest BCUT2D eigenvalue weighted by Crippen LogP contribution is -2.40. The van der Waals surface area contributed by atoms with Gasteiger partial charge in [0.2, 0.25) is 15.9 Å². The van der Waals surface area contributed by atoms with E-state index in [0.29, 0.717) is 31.1 Å². The molecule has 1 heterocycles. The van der Waals surface area contributed by atoms with Crippen LogP contribution in [0.3, 0.4) is 0 Å². The Bertz CT molecular complexity index is 1020. The largest absolute Gasteiger partial charge is 0.490 e. The van der Waals surface area contributed by atoms with Gasteiger partial charge in [-0.2, -0.15) is 4.31 Å². The van der Waals surface area contributed by atoms with Crippen LogP contribution < -0.4 is 14.8 Å². The number of anilines is 1. The van der Waals surface area contributed by atoms with E-state index in [1.807, 2.05) is 25.1 Å². The van der Waals surface area contributed by atoms with Gasteiger partial charge in [-0.3, -0.25) is 4.79 Å². The highest BCUT2D eigenvalue weighted by molar-refractivity contribution is 7.89. The Morgan fingerprint density at radius 3 is 2.50 bits per heavy atom. The molecule has 0 radical (unpaired) electrons. The van der Waals surface area contributed by atoms with Crippen molar-refractivity contribution in [3.05, 3.63) is 48.3 Å². The molecule has 0 spiro atoms. The molecule has 0 aromatic heterocycles. The van der Waals surface area contributed by atoms with Crippen molar-refractivity contribution in [2.24, 2.45) is 0 Å². The summed E-state index contributed by atoms with van der Waals surface area (Å²) in [5, 5.41) is 2.62. The zero-order valence-corrected chi connectivity index (χ0v) is 18.7. The van der Waals surface area contributed by atoms with Gasteiger partial charge in [0.1, 0.15) is 10.7 Å². The minimum atomic E-state index is -4.02. The zero-order chi connectivity index (χ0) is 23.0. The second kappa shape index (κ2) is 11.3. The van der Waals surface area contributed by atoms with Crippen molar-refractivity contribution in [1.29, 1.82) is 0 Å². The quantitative estimate of drug-likeness (QED) is 0.541. The standard InChI is InChI=1S/C22H27FN2O6S/c1-2-30-19-6-3-4-7-20(19)31-13-5-8-22(26)24-17-9-10-18(23)21(16-17)32(27,28)25-11-14-29-15-12-25/h3-4,6-7,9-10,16H,2,5,8,11-15H2,1H3,(H,24,26). The summed E-state index contributed by atoms with van der Waals surface area (Å²) in [5.74, 6) is 0.0508. The highest BCUT2D eigenvalue weighted by Crippen LogP contribution is 2.27. The Morgan fingerprint density at radius 1 is 1.12 bits per heavy atom. The van der Waals surface area contributed by atoms with Crippen LogP contribution in [-0.4, -0.2) is 58.1 Å². The topological polar surface area (TPSA) is 94.2 Å². The van der Waals surface area contributed by atoms with Gasteiger partial charge in [-0.05, 0) is 43.7 Å². The lowest BCUT2D eigenvalue weighted by atomic mass is 10.2. The van der Waals surface area contributed by atoms with E-state index in [2.05, 4.69) is 5.32 Å². The molecule has 1 fully saturated rings. The Hall–Kier alpha value is -2.69. The first-order valence-corrected chi connectivity index (χ1v) is 11.9. The third-order valence-corrected chi connectivity index (χ3v) is 6.67. The van der Waals surface area contributed by atoms with E-state index in [0.717, 1.165) is 12.1 Å². The van der Waals surface area contributed by atoms with E-state index >= 15 is 0 Å². The van der Waals surface area contributed by atoms with E-state index in [9.17, 15) is 17.6 Å². The van der Waals surface area contributed by atoms with E-state index in [4.69, 9.17) is 14.2 Å². The van der Waals surface area contributed by atoms with Crippen LogP contribution >= 0.6 is 0 Å². The van der Waals surface area contributed by atoms with Crippen LogP contribution in [0.4, 0.5) is 10.1 Å². The molecule has 0 aliphatic carbocycles. The second-order valence-electron chi connectivity index (χ2n) is 7.04. The van der Waals surface area contributed by atoms with Gasteiger partial charge in [0.05, 0.1) is 26.4 Å². The van der Waals surface area contributed by atoms with Gasteiger partial charge in [0, 0.05) is 25.2 Å². The number of nitrogens with one attached hydrogen (secondary N) is 1. The molecule has 0 unspecified atom stereocenters. The molecule has 8 nitrogen and oxygen atoms in total. The number of halogens is 1. The van der Waals surface area contributed by atoms with Crippen LogP contribution in [0.1, 0.15) is 19.8 Å². The van der Waals surface area contributed by atoms with Gasteiger partial charge in [0.25, 0.3) is 0 Å². The molecule has 1 amide bonds. The van der Waals surface area contributed by atoms with Crippen molar-refractivity contribution < 1.29 is 31.8 Å². The molecule has 0 saturated carbocycles. The first-order valence-electron chi connectivity index (χ1n) is 10.4. The Morgan fingerprint density at radius 2 is 1.81 bits per heavy atom. The van der Waals surface area contributed by atoms with Crippen molar-refractivity contribution in [3.63, 3.8) is 0 Å². The smallest absolute Gasteiger partial charge is 0.246 e. The van der Waals surface area contributed by atoms with Crippen molar-refractivity contribution in [2.45, 2.75) is 24.7 Å².